The minimum absolute atomic E-state index is 0.281. The van der Waals surface area contributed by atoms with Crippen LogP contribution in [0.4, 0.5) is 0 Å². The SMILES string of the molecule is CNCCCNCC(N)=O. The summed E-state index contributed by atoms with van der Waals surface area (Å²) in [5.41, 5.74) is 4.89. The lowest BCUT2D eigenvalue weighted by Gasteiger charge is -2.00. The summed E-state index contributed by atoms with van der Waals surface area (Å²) in [4.78, 5) is 10.2. The topological polar surface area (TPSA) is 67.2 Å². The zero-order valence-corrected chi connectivity index (χ0v) is 6.31. The predicted octanol–water partition coefficient (Wildman–Crippen LogP) is -1.33. The second kappa shape index (κ2) is 6.51. The zero-order valence-electron chi connectivity index (χ0n) is 6.31. The average molecular weight is 145 g/mol. The van der Waals surface area contributed by atoms with Gasteiger partial charge in [-0.15, -0.1) is 0 Å². The van der Waals surface area contributed by atoms with Crippen molar-refractivity contribution in [3.63, 3.8) is 0 Å². The Kier molecular flexibility index (Phi) is 6.11. The number of carbonyl (C=O) groups is 1. The van der Waals surface area contributed by atoms with E-state index in [1.807, 2.05) is 7.05 Å². The van der Waals surface area contributed by atoms with Crippen LogP contribution in [0.3, 0.4) is 0 Å². The van der Waals surface area contributed by atoms with Crippen molar-refractivity contribution in [3.05, 3.63) is 0 Å². The van der Waals surface area contributed by atoms with Gasteiger partial charge < -0.3 is 16.4 Å². The lowest BCUT2D eigenvalue weighted by molar-refractivity contribution is -0.117. The molecular weight excluding hydrogens is 130 g/mol. The minimum atomic E-state index is -0.301. The van der Waals surface area contributed by atoms with Gasteiger partial charge in [-0.2, -0.15) is 0 Å². The molecule has 4 N–H and O–H groups in total. The summed E-state index contributed by atoms with van der Waals surface area (Å²) >= 11 is 0. The monoisotopic (exact) mass is 145 g/mol. The van der Waals surface area contributed by atoms with Crippen molar-refractivity contribution >= 4 is 5.91 Å². The molecule has 4 heteroatoms. The van der Waals surface area contributed by atoms with Gasteiger partial charge in [-0.05, 0) is 26.6 Å². The second-order valence-corrected chi connectivity index (χ2v) is 2.10. The number of nitrogens with two attached hydrogens (primary N) is 1. The molecule has 0 bridgehead atoms. The molecule has 0 aromatic rings. The number of carbonyl (C=O) groups excluding carboxylic acids is 1. The van der Waals surface area contributed by atoms with Crippen LogP contribution in [-0.4, -0.2) is 32.6 Å². The van der Waals surface area contributed by atoms with Crippen LogP contribution < -0.4 is 16.4 Å². The minimum Gasteiger partial charge on any atom is -0.369 e. The number of hydrogen-bond acceptors (Lipinski definition) is 3. The van der Waals surface area contributed by atoms with E-state index in [1.54, 1.807) is 0 Å². The van der Waals surface area contributed by atoms with Gasteiger partial charge in [-0.25, -0.2) is 0 Å². The van der Waals surface area contributed by atoms with Gasteiger partial charge in [0.15, 0.2) is 0 Å². The summed E-state index contributed by atoms with van der Waals surface area (Å²) in [7, 11) is 1.90. The largest absolute Gasteiger partial charge is 0.369 e. The van der Waals surface area contributed by atoms with Gasteiger partial charge in [-0.1, -0.05) is 0 Å². The van der Waals surface area contributed by atoms with Gasteiger partial charge in [0, 0.05) is 0 Å². The molecule has 0 saturated heterocycles. The molecule has 60 valence electrons. The van der Waals surface area contributed by atoms with Crippen molar-refractivity contribution < 1.29 is 4.79 Å². The smallest absolute Gasteiger partial charge is 0.231 e. The van der Waals surface area contributed by atoms with Gasteiger partial charge in [0.25, 0.3) is 0 Å². The van der Waals surface area contributed by atoms with Crippen LogP contribution in [0.5, 0.6) is 0 Å². The van der Waals surface area contributed by atoms with Crippen molar-refractivity contribution in [2.45, 2.75) is 6.42 Å². The second-order valence-electron chi connectivity index (χ2n) is 2.10. The molecular formula is C6H15N3O. The van der Waals surface area contributed by atoms with Crippen LogP contribution in [0, 0.1) is 0 Å². The summed E-state index contributed by atoms with van der Waals surface area (Å²) in [6.07, 6.45) is 1.02. The molecule has 0 atom stereocenters. The molecule has 0 aliphatic heterocycles. The molecule has 0 saturated carbocycles. The lowest BCUT2D eigenvalue weighted by atomic mass is 10.4. The van der Waals surface area contributed by atoms with E-state index in [2.05, 4.69) is 10.6 Å². The highest BCUT2D eigenvalue weighted by molar-refractivity contribution is 5.75. The highest BCUT2D eigenvalue weighted by Crippen LogP contribution is 1.69. The van der Waals surface area contributed by atoms with Crippen LogP contribution >= 0.6 is 0 Å². The van der Waals surface area contributed by atoms with E-state index in [0.29, 0.717) is 0 Å². The zero-order chi connectivity index (χ0) is 7.82. The Hall–Kier alpha value is -0.610. The van der Waals surface area contributed by atoms with E-state index < -0.39 is 0 Å². The molecule has 0 aromatic heterocycles. The maximum atomic E-state index is 10.2. The first-order valence-electron chi connectivity index (χ1n) is 3.41. The molecule has 0 radical (unpaired) electrons. The van der Waals surface area contributed by atoms with E-state index in [4.69, 9.17) is 5.73 Å². The van der Waals surface area contributed by atoms with E-state index >= 15 is 0 Å². The van der Waals surface area contributed by atoms with Crippen LogP contribution in [0.25, 0.3) is 0 Å². The maximum Gasteiger partial charge on any atom is 0.231 e. The summed E-state index contributed by atoms with van der Waals surface area (Å²) < 4.78 is 0. The molecule has 4 nitrogen and oxygen atoms in total. The van der Waals surface area contributed by atoms with Crippen molar-refractivity contribution in [3.8, 4) is 0 Å². The Morgan fingerprint density at radius 3 is 2.70 bits per heavy atom. The maximum absolute atomic E-state index is 10.2. The van der Waals surface area contributed by atoms with Crippen molar-refractivity contribution in [1.82, 2.24) is 10.6 Å². The van der Waals surface area contributed by atoms with Crippen LogP contribution in [0.1, 0.15) is 6.42 Å². The van der Waals surface area contributed by atoms with Crippen LogP contribution in [-0.2, 0) is 4.79 Å². The molecule has 0 rings (SSSR count). The molecule has 0 aromatic carbocycles. The first-order chi connectivity index (χ1) is 4.77. The lowest BCUT2D eigenvalue weighted by Crippen LogP contribution is -2.30. The molecule has 0 aliphatic rings. The van der Waals surface area contributed by atoms with E-state index in [1.165, 1.54) is 0 Å². The Balaban J connectivity index is 2.84. The third kappa shape index (κ3) is 7.39. The van der Waals surface area contributed by atoms with Crippen molar-refractivity contribution in [2.24, 2.45) is 5.73 Å². The summed E-state index contributed by atoms with van der Waals surface area (Å²) in [6, 6.07) is 0. The molecule has 0 heterocycles. The predicted molar refractivity (Wildman–Crippen MR) is 40.6 cm³/mol. The Bertz CT molecular complexity index is 95.0. The number of primary amides is 1. The summed E-state index contributed by atoms with van der Waals surface area (Å²) in [5.74, 6) is -0.301. The standard InChI is InChI=1S/C6H15N3O/c1-8-3-2-4-9-5-6(7)10/h8-9H,2-5H2,1H3,(H2,7,10). The summed E-state index contributed by atoms with van der Waals surface area (Å²) in [5, 5.41) is 5.90. The molecule has 0 fully saturated rings. The van der Waals surface area contributed by atoms with Gasteiger partial charge in [0.1, 0.15) is 0 Å². The Morgan fingerprint density at radius 1 is 1.50 bits per heavy atom. The normalized spacial score (nSPS) is 9.70. The van der Waals surface area contributed by atoms with E-state index in [9.17, 15) is 4.79 Å². The number of rotatable bonds is 6. The van der Waals surface area contributed by atoms with Gasteiger partial charge in [-0.3, -0.25) is 4.79 Å². The number of nitrogens with one attached hydrogen (secondary N) is 2. The van der Waals surface area contributed by atoms with Crippen molar-refractivity contribution in [1.29, 1.82) is 0 Å². The van der Waals surface area contributed by atoms with Crippen LogP contribution in [0.2, 0.25) is 0 Å². The highest BCUT2D eigenvalue weighted by Gasteiger charge is 1.90. The first-order valence-corrected chi connectivity index (χ1v) is 3.41. The molecule has 0 unspecified atom stereocenters. The van der Waals surface area contributed by atoms with Crippen LogP contribution in [0.15, 0.2) is 0 Å². The molecule has 0 spiro atoms. The average Bonchev–Trinajstić information content (AvgIpc) is 1.87. The third-order valence-electron chi connectivity index (χ3n) is 1.08. The molecule has 1 amide bonds. The third-order valence-corrected chi connectivity index (χ3v) is 1.08. The highest BCUT2D eigenvalue weighted by atomic mass is 16.1. The van der Waals surface area contributed by atoms with Gasteiger partial charge in [0.05, 0.1) is 6.54 Å². The molecule has 0 aliphatic carbocycles. The fourth-order valence-electron chi connectivity index (χ4n) is 0.602. The quantitative estimate of drug-likeness (QED) is 0.406. The van der Waals surface area contributed by atoms with Crippen molar-refractivity contribution in [2.75, 3.05) is 26.7 Å². The fraction of sp³-hybridized carbons (Fsp3) is 0.833. The number of hydrogen-bond donors (Lipinski definition) is 3. The molecule has 10 heavy (non-hydrogen) atoms. The summed E-state index contributed by atoms with van der Waals surface area (Å²) in [6.45, 7) is 2.08. The fourth-order valence-corrected chi connectivity index (χ4v) is 0.602. The van der Waals surface area contributed by atoms with Gasteiger partial charge in [0.2, 0.25) is 5.91 Å². The van der Waals surface area contributed by atoms with E-state index in [0.717, 1.165) is 19.5 Å². The Morgan fingerprint density at radius 2 is 2.20 bits per heavy atom. The number of amides is 1. The van der Waals surface area contributed by atoms with E-state index in [-0.39, 0.29) is 12.5 Å². The van der Waals surface area contributed by atoms with Gasteiger partial charge >= 0.3 is 0 Å². The first kappa shape index (κ1) is 9.39. The Labute approximate surface area is 61.2 Å².